The number of carboxylic acid groups (broad SMARTS) is 1. The van der Waals surface area contributed by atoms with Gasteiger partial charge in [-0.15, -0.1) is 0 Å². The van der Waals surface area contributed by atoms with Gasteiger partial charge in [0.25, 0.3) is 0 Å². The highest BCUT2D eigenvalue weighted by Gasteiger charge is 2.38. The smallest absolute Gasteiger partial charge is 0.426 e. The van der Waals surface area contributed by atoms with Crippen LogP contribution in [0.4, 0.5) is 16.3 Å². The van der Waals surface area contributed by atoms with Gasteiger partial charge in [0.15, 0.2) is 5.82 Å². The number of nitrogens with one attached hydrogen (secondary N) is 2. The van der Waals surface area contributed by atoms with Crippen LogP contribution >= 0.6 is 0 Å². The van der Waals surface area contributed by atoms with E-state index in [2.05, 4.69) is 52.2 Å². The molecule has 3 N–H and O–H groups in total. The number of aldehydes is 1. The van der Waals surface area contributed by atoms with Crippen LogP contribution in [0.2, 0.25) is 0 Å². The number of rotatable bonds is 10. The molecule has 4 rings (SSSR count). The van der Waals surface area contributed by atoms with Crippen LogP contribution in [0.15, 0.2) is 97.2 Å². The zero-order valence-corrected chi connectivity index (χ0v) is 19.3. The molecule has 0 saturated carbocycles. The second-order valence-corrected chi connectivity index (χ2v) is 7.87. The first kappa shape index (κ1) is 23.6. The van der Waals surface area contributed by atoms with E-state index in [1.807, 2.05) is 61.5 Å². The predicted molar refractivity (Wildman–Crippen MR) is 135 cm³/mol. The van der Waals surface area contributed by atoms with Gasteiger partial charge in [0.2, 0.25) is 0 Å². The van der Waals surface area contributed by atoms with Crippen molar-refractivity contribution >= 4 is 23.9 Å². The topological polar surface area (TPSA) is 99.5 Å². The fourth-order valence-electron chi connectivity index (χ4n) is 4.19. The molecular weight excluding hydrogens is 442 g/mol. The maximum atomic E-state index is 11.7. The molecule has 0 fully saturated rings. The monoisotopic (exact) mass is 469 g/mol. The van der Waals surface area contributed by atoms with E-state index >= 15 is 0 Å². The van der Waals surface area contributed by atoms with Gasteiger partial charge in [-0.2, -0.15) is 5.10 Å². The Balaban J connectivity index is 1.94. The Labute approximate surface area is 203 Å². The lowest BCUT2D eigenvalue weighted by molar-refractivity contribution is -0.108. The Morgan fingerprint density at radius 3 is 1.83 bits per heavy atom. The summed E-state index contributed by atoms with van der Waals surface area (Å²) in [4.78, 5) is 22.7. The summed E-state index contributed by atoms with van der Waals surface area (Å²) in [6.07, 6.45) is 0.812. The first-order valence-electron chi connectivity index (χ1n) is 11.3. The fraction of sp³-hybridized carbons (Fsp3) is 0.148. The number of nitrogens with zero attached hydrogens (tertiary/aromatic N) is 3. The number of aromatic nitrogens is 2. The molecule has 0 spiro atoms. The molecule has 0 aliphatic carbocycles. The van der Waals surface area contributed by atoms with Crippen LogP contribution in [0, 0.1) is 0 Å². The molecule has 1 amide bonds. The first-order valence-corrected chi connectivity index (χ1v) is 11.3. The zero-order valence-electron chi connectivity index (χ0n) is 19.3. The molecule has 4 aromatic rings. The predicted octanol–water partition coefficient (Wildman–Crippen LogP) is 4.81. The number of carbonyl (C=O) groups is 2. The zero-order chi connectivity index (χ0) is 24.7. The summed E-state index contributed by atoms with van der Waals surface area (Å²) < 4.78 is 1.76. The summed E-state index contributed by atoms with van der Waals surface area (Å²) in [7, 11) is 0. The summed E-state index contributed by atoms with van der Waals surface area (Å²) in [6.45, 7) is 2.17. The summed E-state index contributed by atoms with van der Waals surface area (Å²) >= 11 is 0. The van der Waals surface area contributed by atoms with E-state index in [1.54, 1.807) is 10.9 Å². The highest BCUT2D eigenvalue weighted by molar-refractivity contribution is 5.75. The Kier molecular flexibility index (Phi) is 7.11. The number of hydrogen-bond acceptors (Lipinski definition) is 5. The molecule has 3 aromatic carbocycles. The summed E-state index contributed by atoms with van der Waals surface area (Å²) in [5.41, 5.74) is 5.43. The standard InChI is InChI=1S/C27H27N5O3/c1-2-31-25(24(20-28-31)30-32(18-19-33)26(34)35)29-27(21-12-6-3-7-13-21,22-14-8-4-9-15-22)23-16-10-5-11-17-23/h3-17,19-20,29-30H,2,18H2,1H3,(H,34,35). The average molecular weight is 470 g/mol. The molecule has 178 valence electrons. The maximum absolute atomic E-state index is 11.7. The molecule has 0 bridgehead atoms. The largest absolute Gasteiger partial charge is 0.464 e. The van der Waals surface area contributed by atoms with Crippen molar-refractivity contribution in [2.24, 2.45) is 0 Å². The van der Waals surface area contributed by atoms with Crippen LogP contribution in [0.5, 0.6) is 0 Å². The Hall–Kier alpha value is -4.59. The van der Waals surface area contributed by atoms with Crippen molar-refractivity contribution in [2.45, 2.75) is 19.0 Å². The van der Waals surface area contributed by atoms with E-state index in [4.69, 9.17) is 0 Å². The number of amides is 1. The lowest BCUT2D eigenvalue weighted by Gasteiger charge is -2.38. The van der Waals surface area contributed by atoms with Crippen LogP contribution in [0.25, 0.3) is 0 Å². The third kappa shape index (κ3) is 4.72. The second kappa shape index (κ2) is 10.6. The van der Waals surface area contributed by atoms with Crippen molar-refractivity contribution in [1.29, 1.82) is 0 Å². The number of carbonyl (C=O) groups excluding carboxylic acids is 1. The van der Waals surface area contributed by atoms with E-state index in [0.29, 0.717) is 24.3 Å². The van der Waals surface area contributed by atoms with Gasteiger partial charge in [0.05, 0.1) is 6.20 Å². The van der Waals surface area contributed by atoms with Crippen LogP contribution in [-0.4, -0.2) is 38.8 Å². The van der Waals surface area contributed by atoms with Crippen molar-refractivity contribution in [3.63, 3.8) is 0 Å². The van der Waals surface area contributed by atoms with E-state index < -0.39 is 11.6 Å². The highest BCUT2D eigenvalue weighted by Crippen LogP contribution is 2.41. The lowest BCUT2D eigenvalue weighted by Crippen LogP contribution is -2.40. The number of aryl methyl sites for hydroxylation is 1. The molecule has 0 aliphatic rings. The second-order valence-electron chi connectivity index (χ2n) is 7.87. The van der Waals surface area contributed by atoms with Gasteiger partial charge in [0.1, 0.15) is 24.1 Å². The summed E-state index contributed by atoms with van der Waals surface area (Å²) in [6, 6.07) is 30.2. The van der Waals surface area contributed by atoms with Crippen LogP contribution in [-0.2, 0) is 16.9 Å². The van der Waals surface area contributed by atoms with Crippen molar-refractivity contribution < 1.29 is 14.7 Å². The van der Waals surface area contributed by atoms with Crippen molar-refractivity contribution in [1.82, 2.24) is 14.8 Å². The molecule has 35 heavy (non-hydrogen) atoms. The van der Waals surface area contributed by atoms with E-state index in [1.165, 1.54) is 0 Å². The van der Waals surface area contributed by atoms with E-state index in [-0.39, 0.29) is 6.54 Å². The molecule has 0 unspecified atom stereocenters. The molecule has 0 radical (unpaired) electrons. The quantitative estimate of drug-likeness (QED) is 0.175. The van der Waals surface area contributed by atoms with Gasteiger partial charge in [-0.1, -0.05) is 91.0 Å². The molecule has 1 aromatic heterocycles. The molecule has 1 heterocycles. The molecule has 0 atom stereocenters. The van der Waals surface area contributed by atoms with Gasteiger partial charge < -0.3 is 15.2 Å². The molecular formula is C27H27N5O3. The van der Waals surface area contributed by atoms with Crippen molar-refractivity contribution in [3.05, 3.63) is 114 Å². The Morgan fingerprint density at radius 2 is 1.43 bits per heavy atom. The van der Waals surface area contributed by atoms with Crippen LogP contribution in [0.1, 0.15) is 23.6 Å². The third-order valence-corrected chi connectivity index (χ3v) is 5.81. The summed E-state index contributed by atoms with van der Waals surface area (Å²) in [5.74, 6) is 0.584. The van der Waals surface area contributed by atoms with Crippen molar-refractivity contribution in [2.75, 3.05) is 17.3 Å². The highest BCUT2D eigenvalue weighted by atomic mass is 16.4. The minimum absolute atomic E-state index is 0.326. The number of anilines is 2. The molecule has 0 saturated heterocycles. The number of hydrazine groups is 1. The number of benzene rings is 3. The van der Waals surface area contributed by atoms with Crippen LogP contribution in [0.3, 0.4) is 0 Å². The van der Waals surface area contributed by atoms with Gasteiger partial charge in [-0.25, -0.2) is 14.5 Å². The van der Waals surface area contributed by atoms with E-state index in [9.17, 15) is 14.7 Å². The Morgan fingerprint density at radius 1 is 0.943 bits per heavy atom. The van der Waals surface area contributed by atoms with Crippen LogP contribution < -0.4 is 10.7 Å². The SMILES string of the molecule is CCn1ncc(NN(CC=O)C(=O)O)c1NC(c1ccccc1)(c1ccccc1)c1ccccc1. The van der Waals surface area contributed by atoms with Gasteiger partial charge >= 0.3 is 6.09 Å². The Bertz CT molecular complexity index is 1160. The van der Waals surface area contributed by atoms with Gasteiger partial charge in [-0.3, -0.25) is 5.43 Å². The normalized spacial score (nSPS) is 11.0. The minimum atomic E-state index is -1.27. The van der Waals surface area contributed by atoms with E-state index in [0.717, 1.165) is 21.7 Å². The molecule has 8 nitrogen and oxygen atoms in total. The first-order chi connectivity index (χ1) is 17.1. The molecule has 0 aliphatic heterocycles. The lowest BCUT2D eigenvalue weighted by atomic mass is 9.77. The maximum Gasteiger partial charge on any atom is 0.426 e. The fourth-order valence-corrected chi connectivity index (χ4v) is 4.19. The summed E-state index contributed by atoms with van der Waals surface area (Å²) in [5, 5.41) is 18.5. The minimum Gasteiger partial charge on any atom is -0.464 e. The average Bonchev–Trinajstić information content (AvgIpc) is 3.29. The van der Waals surface area contributed by atoms with Gasteiger partial charge in [0, 0.05) is 6.54 Å². The van der Waals surface area contributed by atoms with Gasteiger partial charge in [-0.05, 0) is 23.6 Å². The van der Waals surface area contributed by atoms with Crippen molar-refractivity contribution in [3.8, 4) is 0 Å². The third-order valence-electron chi connectivity index (χ3n) is 5.81. The number of hydrogen-bond donors (Lipinski definition) is 3. The molecule has 8 heteroatoms.